The summed E-state index contributed by atoms with van der Waals surface area (Å²) in [5.74, 6) is 0.336. The van der Waals surface area contributed by atoms with E-state index < -0.39 is 0 Å². The summed E-state index contributed by atoms with van der Waals surface area (Å²) >= 11 is 1.52. The molecule has 0 bridgehead atoms. The van der Waals surface area contributed by atoms with E-state index in [2.05, 4.69) is 9.88 Å². The maximum absolute atomic E-state index is 13.7. The molecule has 2 aromatic carbocycles. The number of amides is 1. The van der Waals surface area contributed by atoms with Crippen molar-refractivity contribution in [1.29, 1.82) is 0 Å². The van der Waals surface area contributed by atoms with Gasteiger partial charge in [-0.05, 0) is 49.7 Å². The molecule has 4 aromatic rings. The number of benzene rings is 2. The summed E-state index contributed by atoms with van der Waals surface area (Å²) in [6.07, 6.45) is 2.78. The molecule has 2 aromatic heterocycles. The van der Waals surface area contributed by atoms with Crippen molar-refractivity contribution < 1.29 is 9.18 Å². The molecule has 2 aliphatic rings. The maximum atomic E-state index is 13.7. The molecule has 1 amide bonds. The van der Waals surface area contributed by atoms with Gasteiger partial charge in [0.25, 0.3) is 5.91 Å². The van der Waals surface area contributed by atoms with Crippen LogP contribution in [-0.4, -0.2) is 46.5 Å². The largest absolute Gasteiger partial charge is 0.346 e. The number of fused-ring (bicyclic) bond motifs is 2. The second-order valence-corrected chi connectivity index (χ2v) is 9.90. The Morgan fingerprint density at radius 2 is 2.03 bits per heavy atom. The second-order valence-electron chi connectivity index (χ2n) is 8.89. The van der Waals surface area contributed by atoms with Crippen molar-refractivity contribution in [2.75, 3.05) is 24.5 Å². The van der Waals surface area contributed by atoms with Gasteiger partial charge in [0.15, 0.2) is 5.13 Å². The topological polar surface area (TPSA) is 49.3 Å². The average molecular weight is 459 g/mol. The Labute approximate surface area is 195 Å². The number of hydrogen-bond acceptors (Lipinski definition) is 5. The van der Waals surface area contributed by atoms with Crippen molar-refractivity contribution in [1.82, 2.24) is 14.9 Å². The highest BCUT2D eigenvalue weighted by Crippen LogP contribution is 2.38. The normalized spacial score (nSPS) is 19.9. The minimum atomic E-state index is -0.242. The number of nitrogens with zero attached hydrogens (tertiary/aromatic N) is 4. The highest BCUT2D eigenvalue weighted by Gasteiger charge is 2.46. The fourth-order valence-electron chi connectivity index (χ4n) is 4.96. The van der Waals surface area contributed by atoms with Gasteiger partial charge in [-0.15, -0.1) is 0 Å². The number of likely N-dealkylation sites (tertiary alicyclic amines) is 1. The Bertz CT molecular complexity index is 1360. The Balaban J connectivity index is 1.27. The summed E-state index contributed by atoms with van der Waals surface area (Å²) < 4.78 is 14.5. The van der Waals surface area contributed by atoms with E-state index in [0.717, 1.165) is 58.2 Å². The van der Waals surface area contributed by atoms with Gasteiger partial charge in [-0.1, -0.05) is 35.1 Å². The number of pyridine rings is 1. The summed E-state index contributed by atoms with van der Waals surface area (Å²) in [6, 6.07) is 16.6. The van der Waals surface area contributed by atoms with Crippen LogP contribution in [0, 0.1) is 18.7 Å². The molecular formula is C26H23FN4OS. The van der Waals surface area contributed by atoms with Crippen molar-refractivity contribution in [3.8, 4) is 11.3 Å². The predicted octanol–water partition coefficient (Wildman–Crippen LogP) is 5.16. The third kappa shape index (κ3) is 3.56. The predicted molar refractivity (Wildman–Crippen MR) is 129 cm³/mol. The number of halogens is 1. The van der Waals surface area contributed by atoms with Gasteiger partial charge >= 0.3 is 0 Å². The number of thiazole rings is 1. The molecule has 4 heterocycles. The Morgan fingerprint density at radius 1 is 1.12 bits per heavy atom. The highest BCUT2D eigenvalue weighted by molar-refractivity contribution is 7.22. The molecule has 5 nitrogen and oxygen atoms in total. The van der Waals surface area contributed by atoms with Gasteiger partial charge in [0.1, 0.15) is 5.82 Å². The molecule has 33 heavy (non-hydrogen) atoms. The van der Waals surface area contributed by atoms with E-state index in [1.807, 2.05) is 48.2 Å². The summed E-state index contributed by atoms with van der Waals surface area (Å²) in [6.45, 7) is 4.47. The lowest BCUT2D eigenvalue weighted by atomic mass is 9.81. The van der Waals surface area contributed by atoms with Gasteiger partial charge in [-0.25, -0.2) is 9.37 Å². The Morgan fingerprint density at radius 3 is 2.88 bits per heavy atom. The fourth-order valence-corrected chi connectivity index (χ4v) is 5.99. The van der Waals surface area contributed by atoms with Gasteiger partial charge in [0, 0.05) is 42.9 Å². The first kappa shape index (κ1) is 20.3. The molecule has 0 aliphatic carbocycles. The third-order valence-corrected chi connectivity index (χ3v) is 7.85. The number of carbonyl (C=O) groups is 1. The number of anilines is 1. The van der Waals surface area contributed by atoms with Gasteiger partial charge in [-0.3, -0.25) is 9.78 Å². The molecule has 166 valence electrons. The molecule has 2 atom stereocenters. The lowest BCUT2D eigenvalue weighted by Gasteiger charge is -2.53. The van der Waals surface area contributed by atoms with Gasteiger partial charge < -0.3 is 9.80 Å². The first-order chi connectivity index (χ1) is 16.1. The number of aromatic nitrogens is 2. The van der Waals surface area contributed by atoms with Gasteiger partial charge in [0.2, 0.25) is 0 Å². The molecule has 2 aliphatic heterocycles. The number of carbonyl (C=O) groups excluding carboxylic acids is 1. The van der Waals surface area contributed by atoms with Gasteiger partial charge in [-0.2, -0.15) is 0 Å². The van der Waals surface area contributed by atoms with E-state index in [0.29, 0.717) is 11.5 Å². The summed E-state index contributed by atoms with van der Waals surface area (Å²) in [7, 11) is 0. The van der Waals surface area contributed by atoms with E-state index >= 15 is 0 Å². The molecule has 2 saturated heterocycles. The zero-order chi connectivity index (χ0) is 22.5. The van der Waals surface area contributed by atoms with E-state index in [-0.39, 0.29) is 17.8 Å². The molecule has 0 radical (unpaired) electrons. The van der Waals surface area contributed by atoms with Crippen molar-refractivity contribution in [2.24, 2.45) is 5.92 Å². The summed E-state index contributed by atoms with van der Waals surface area (Å²) in [4.78, 5) is 27.1. The summed E-state index contributed by atoms with van der Waals surface area (Å²) in [5, 5.41) is 0.901. The minimum absolute atomic E-state index is 0.0637. The van der Waals surface area contributed by atoms with Crippen LogP contribution in [0.15, 0.2) is 60.8 Å². The molecule has 6 rings (SSSR count). The first-order valence-corrected chi connectivity index (χ1v) is 12.0. The van der Waals surface area contributed by atoms with Crippen molar-refractivity contribution in [2.45, 2.75) is 19.4 Å². The molecule has 0 spiro atoms. The first-order valence-electron chi connectivity index (χ1n) is 11.2. The van der Waals surface area contributed by atoms with Crippen LogP contribution in [0.5, 0.6) is 0 Å². The van der Waals surface area contributed by atoms with Crippen LogP contribution in [0.1, 0.15) is 22.3 Å². The lowest BCUT2D eigenvalue weighted by molar-refractivity contribution is 0.00797. The van der Waals surface area contributed by atoms with E-state index in [1.54, 1.807) is 18.3 Å². The van der Waals surface area contributed by atoms with Crippen LogP contribution in [0.4, 0.5) is 9.52 Å². The fraction of sp³-hybridized carbons (Fsp3) is 0.269. The molecule has 2 fully saturated rings. The zero-order valence-electron chi connectivity index (χ0n) is 18.2. The molecule has 0 unspecified atom stereocenters. The minimum Gasteiger partial charge on any atom is -0.346 e. The summed E-state index contributed by atoms with van der Waals surface area (Å²) in [5.41, 5.74) is 4.27. The van der Waals surface area contributed by atoms with Crippen LogP contribution in [0.2, 0.25) is 0 Å². The molecular weight excluding hydrogens is 435 g/mol. The van der Waals surface area contributed by atoms with Crippen LogP contribution in [0.3, 0.4) is 0 Å². The Kier molecular flexibility index (Phi) is 4.87. The number of piperidine rings is 1. The molecule has 0 saturated carbocycles. The van der Waals surface area contributed by atoms with Crippen LogP contribution in [-0.2, 0) is 0 Å². The van der Waals surface area contributed by atoms with E-state index in [4.69, 9.17) is 4.98 Å². The molecule has 7 heteroatoms. The Hall–Kier alpha value is -3.32. The SMILES string of the molecule is Cc1ccc(-c2ccccn2)c(C(=O)N2C[C@@H]3CCN(c4nc5ccc(F)cc5s4)C[C@@H]32)c1. The van der Waals surface area contributed by atoms with E-state index in [1.165, 1.54) is 17.4 Å². The monoisotopic (exact) mass is 458 g/mol. The van der Waals surface area contributed by atoms with Crippen LogP contribution < -0.4 is 4.90 Å². The number of rotatable bonds is 3. The molecule has 0 N–H and O–H groups in total. The van der Waals surface area contributed by atoms with Crippen molar-refractivity contribution in [3.63, 3.8) is 0 Å². The highest BCUT2D eigenvalue weighted by atomic mass is 32.1. The number of aryl methyl sites for hydroxylation is 1. The van der Waals surface area contributed by atoms with Gasteiger partial charge in [0.05, 0.1) is 22.0 Å². The van der Waals surface area contributed by atoms with Crippen LogP contribution >= 0.6 is 11.3 Å². The second kappa shape index (κ2) is 7.92. The maximum Gasteiger partial charge on any atom is 0.254 e. The van der Waals surface area contributed by atoms with Crippen molar-refractivity contribution in [3.05, 3.63) is 77.7 Å². The smallest absolute Gasteiger partial charge is 0.254 e. The number of hydrogen-bond donors (Lipinski definition) is 0. The standard InChI is InChI=1S/C26H23FN4OS/c1-16-5-7-19(21-4-2-3-10-28-21)20(12-16)25(32)31-14-17-9-11-30(15-23(17)31)26-29-22-8-6-18(27)13-24(22)33-26/h2-8,10,12-13,17,23H,9,11,14-15H2,1H3/t17-,23-/m0/s1. The van der Waals surface area contributed by atoms with Crippen LogP contribution in [0.25, 0.3) is 21.5 Å². The van der Waals surface area contributed by atoms with Crippen molar-refractivity contribution >= 4 is 32.6 Å². The quantitative estimate of drug-likeness (QED) is 0.426. The van der Waals surface area contributed by atoms with E-state index in [9.17, 15) is 9.18 Å². The lowest BCUT2D eigenvalue weighted by Crippen LogP contribution is -2.65. The average Bonchev–Trinajstić information content (AvgIpc) is 3.23. The third-order valence-electron chi connectivity index (χ3n) is 6.77. The zero-order valence-corrected chi connectivity index (χ0v) is 19.1.